The molecule has 0 N–H and O–H groups in total. The number of hydrogen-bond donors (Lipinski definition) is 0. The van der Waals surface area contributed by atoms with Crippen molar-refractivity contribution in [3.8, 4) is 11.5 Å². The van der Waals surface area contributed by atoms with Crippen molar-refractivity contribution in [2.24, 2.45) is 0 Å². The molecule has 0 atom stereocenters. The van der Waals surface area contributed by atoms with Crippen LogP contribution in [0.3, 0.4) is 0 Å². The average molecular weight is 439 g/mol. The van der Waals surface area contributed by atoms with Gasteiger partial charge >= 0.3 is 0 Å². The topological polar surface area (TPSA) is 55.8 Å². The van der Waals surface area contributed by atoms with Gasteiger partial charge in [0.05, 0.1) is 10.6 Å². The molecule has 2 heterocycles. The first-order chi connectivity index (χ1) is 12.0. The van der Waals surface area contributed by atoms with Gasteiger partial charge in [-0.15, -0.1) is 0 Å². The zero-order chi connectivity index (χ0) is 17.6. The number of amides is 2. The highest BCUT2D eigenvalue weighted by molar-refractivity contribution is 9.10. The van der Waals surface area contributed by atoms with E-state index in [1.54, 1.807) is 42.5 Å². The number of hydrogen-bond acceptors (Lipinski definition) is 5. The number of carbonyl (C=O) groups excluding carboxylic acids is 2. The molecule has 0 spiro atoms. The van der Waals surface area contributed by atoms with Gasteiger partial charge in [-0.25, -0.2) is 4.90 Å². The predicted molar refractivity (Wildman–Crippen MR) is 100 cm³/mol. The Balaban J connectivity index is 1.68. The molecule has 0 bridgehead atoms. The van der Waals surface area contributed by atoms with Gasteiger partial charge in [-0.1, -0.05) is 27.5 Å². The number of thioether (sulfide) groups is 1. The van der Waals surface area contributed by atoms with Gasteiger partial charge in [-0.2, -0.15) is 0 Å². The second kappa shape index (κ2) is 6.40. The lowest BCUT2D eigenvalue weighted by Crippen LogP contribution is -2.27. The highest BCUT2D eigenvalue weighted by Gasteiger charge is 2.36. The van der Waals surface area contributed by atoms with Crippen LogP contribution in [0.4, 0.5) is 10.5 Å². The molecule has 0 aliphatic carbocycles. The Morgan fingerprint density at radius 2 is 1.80 bits per heavy atom. The van der Waals surface area contributed by atoms with Crippen LogP contribution < -0.4 is 14.4 Å². The SMILES string of the molecule is O=C1S/C(=C\c2cc3c(cc2Br)OCO3)C(=O)N1c1ccc(Cl)cc1. The van der Waals surface area contributed by atoms with Gasteiger partial charge in [0, 0.05) is 9.50 Å². The zero-order valence-electron chi connectivity index (χ0n) is 12.5. The molecule has 4 rings (SSSR count). The number of halogens is 2. The number of anilines is 1. The van der Waals surface area contributed by atoms with Crippen LogP contribution >= 0.6 is 39.3 Å². The third-order valence-electron chi connectivity index (χ3n) is 3.66. The van der Waals surface area contributed by atoms with Crippen LogP contribution in [0.5, 0.6) is 11.5 Å². The maximum Gasteiger partial charge on any atom is 0.298 e. The Morgan fingerprint density at radius 3 is 2.52 bits per heavy atom. The second-order valence-electron chi connectivity index (χ2n) is 5.22. The quantitative estimate of drug-likeness (QED) is 0.613. The minimum absolute atomic E-state index is 0.165. The first-order valence-corrected chi connectivity index (χ1v) is 9.14. The van der Waals surface area contributed by atoms with Crippen molar-refractivity contribution in [3.05, 3.63) is 56.4 Å². The molecular weight excluding hydrogens is 430 g/mol. The highest BCUT2D eigenvalue weighted by atomic mass is 79.9. The second-order valence-corrected chi connectivity index (χ2v) is 7.50. The molecule has 2 aliphatic heterocycles. The van der Waals surface area contributed by atoms with E-state index >= 15 is 0 Å². The van der Waals surface area contributed by atoms with Crippen molar-refractivity contribution in [3.63, 3.8) is 0 Å². The van der Waals surface area contributed by atoms with Gasteiger partial charge in [0.2, 0.25) is 6.79 Å². The van der Waals surface area contributed by atoms with Crippen molar-refractivity contribution in [1.29, 1.82) is 0 Å². The molecule has 2 amide bonds. The van der Waals surface area contributed by atoms with Gasteiger partial charge in [0.1, 0.15) is 0 Å². The fourth-order valence-electron chi connectivity index (χ4n) is 2.47. The lowest BCUT2D eigenvalue weighted by molar-refractivity contribution is -0.113. The smallest absolute Gasteiger partial charge is 0.298 e. The molecule has 0 aromatic heterocycles. The molecule has 8 heteroatoms. The predicted octanol–water partition coefficient (Wildman–Crippen LogP) is 5.07. The highest BCUT2D eigenvalue weighted by Crippen LogP contribution is 2.40. The van der Waals surface area contributed by atoms with E-state index in [-0.39, 0.29) is 17.9 Å². The molecule has 0 unspecified atom stereocenters. The molecule has 1 fully saturated rings. The van der Waals surface area contributed by atoms with E-state index in [1.807, 2.05) is 0 Å². The van der Waals surface area contributed by atoms with Gasteiger partial charge in [0.25, 0.3) is 11.1 Å². The molecule has 5 nitrogen and oxygen atoms in total. The molecule has 0 saturated carbocycles. The van der Waals surface area contributed by atoms with Gasteiger partial charge in [0.15, 0.2) is 11.5 Å². The fourth-order valence-corrected chi connectivity index (χ4v) is 3.86. The van der Waals surface area contributed by atoms with E-state index in [4.69, 9.17) is 21.1 Å². The number of fused-ring (bicyclic) bond motifs is 1. The Kier molecular flexibility index (Phi) is 4.23. The van der Waals surface area contributed by atoms with Crippen molar-refractivity contribution in [2.45, 2.75) is 0 Å². The van der Waals surface area contributed by atoms with Crippen LogP contribution in [0, 0.1) is 0 Å². The molecule has 2 aliphatic rings. The van der Waals surface area contributed by atoms with E-state index in [0.717, 1.165) is 26.7 Å². The summed E-state index contributed by atoms with van der Waals surface area (Å²) < 4.78 is 11.4. The van der Waals surface area contributed by atoms with E-state index in [1.165, 1.54) is 0 Å². The Morgan fingerprint density at radius 1 is 1.12 bits per heavy atom. The van der Waals surface area contributed by atoms with Gasteiger partial charge in [-0.3, -0.25) is 9.59 Å². The van der Waals surface area contributed by atoms with E-state index in [0.29, 0.717) is 27.1 Å². The molecule has 0 radical (unpaired) electrons. The first kappa shape index (κ1) is 16.5. The third kappa shape index (κ3) is 3.03. The van der Waals surface area contributed by atoms with Gasteiger partial charge < -0.3 is 9.47 Å². The molecule has 1 saturated heterocycles. The normalized spacial score (nSPS) is 17.7. The monoisotopic (exact) mass is 437 g/mol. The maximum atomic E-state index is 12.7. The number of ether oxygens (including phenoxy) is 2. The average Bonchev–Trinajstić information content (AvgIpc) is 3.13. The van der Waals surface area contributed by atoms with E-state index in [2.05, 4.69) is 15.9 Å². The maximum absolute atomic E-state index is 12.7. The minimum Gasteiger partial charge on any atom is -0.454 e. The van der Waals surface area contributed by atoms with Crippen molar-refractivity contribution in [1.82, 2.24) is 0 Å². The number of imide groups is 1. The largest absolute Gasteiger partial charge is 0.454 e. The van der Waals surface area contributed by atoms with Crippen molar-refractivity contribution < 1.29 is 19.1 Å². The summed E-state index contributed by atoms with van der Waals surface area (Å²) in [4.78, 5) is 26.4. The summed E-state index contributed by atoms with van der Waals surface area (Å²) in [5.74, 6) is 0.867. The molecule has 2 aromatic rings. The summed E-state index contributed by atoms with van der Waals surface area (Å²) in [6.07, 6.45) is 1.66. The zero-order valence-corrected chi connectivity index (χ0v) is 15.7. The summed E-state index contributed by atoms with van der Waals surface area (Å²) in [6, 6.07) is 10.1. The number of nitrogens with zero attached hydrogens (tertiary/aromatic N) is 1. The molecule has 25 heavy (non-hydrogen) atoms. The summed E-state index contributed by atoms with van der Waals surface area (Å²) in [5, 5.41) is 0.186. The number of benzene rings is 2. The third-order valence-corrected chi connectivity index (χ3v) is 5.47. The molecule has 126 valence electrons. The molecule has 2 aromatic carbocycles. The summed E-state index contributed by atoms with van der Waals surface area (Å²) in [6.45, 7) is 0.165. The van der Waals surface area contributed by atoms with Crippen molar-refractivity contribution in [2.75, 3.05) is 11.7 Å². The lowest BCUT2D eigenvalue weighted by atomic mass is 10.2. The first-order valence-electron chi connectivity index (χ1n) is 7.15. The van der Waals surface area contributed by atoms with Crippen LogP contribution in [0.15, 0.2) is 45.8 Å². The number of carbonyl (C=O) groups is 2. The Bertz CT molecular complexity index is 929. The Labute approximate surface area is 160 Å². The summed E-state index contributed by atoms with van der Waals surface area (Å²) in [7, 11) is 0. The van der Waals surface area contributed by atoms with Gasteiger partial charge in [-0.05, 0) is 59.8 Å². The van der Waals surface area contributed by atoms with E-state index < -0.39 is 0 Å². The standard InChI is InChI=1S/C17H9BrClNO4S/c18-12-7-14-13(23-8-24-14)5-9(12)6-15-16(21)20(17(22)25-15)11-3-1-10(19)2-4-11/h1-7H,8H2/b15-6-. The minimum atomic E-state index is -0.373. The van der Waals surface area contributed by atoms with Crippen LogP contribution in [-0.4, -0.2) is 17.9 Å². The van der Waals surface area contributed by atoms with Crippen molar-refractivity contribution >= 4 is 62.2 Å². The van der Waals surface area contributed by atoms with E-state index in [9.17, 15) is 9.59 Å². The summed E-state index contributed by atoms with van der Waals surface area (Å²) in [5.41, 5.74) is 1.21. The Hall–Kier alpha value is -1.96. The van der Waals surface area contributed by atoms with Crippen LogP contribution in [0.1, 0.15) is 5.56 Å². The molecular formula is C17H9BrClNO4S. The van der Waals surface area contributed by atoms with Crippen LogP contribution in [0.2, 0.25) is 5.02 Å². The lowest BCUT2D eigenvalue weighted by Gasteiger charge is -2.12. The fraction of sp³-hybridized carbons (Fsp3) is 0.0588. The van der Waals surface area contributed by atoms with Crippen LogP contribution in [0.25, 0.3) is 6.08 Å². The summed E-state index contributed by atoms with van der Waals surface area (Å²) >= 11 is 10.2. The number of rotatable bonds is 2. The van der Waals surface area contributed by atoms with Crippen LogP contribution in [-0.2, 0) is 4.79 Å².